The molecule has 3 heteroatoms. The molecule has 66 valence electrons. The van der Waals surface area contributed by atoms with Gasteiger partial charge in [0.25, 0.3) is 0 Å². The Morgan fingerprint density at radius 1 is 1.33 bits per heavy atom. The molecule has 0 aliphatic carbocycles. The zero-order valence-electron chi connectivity index (χ0n) is 7.24. The summed E-state index contributed by atoms with van der Waals surface area (Å²) >= 11 is 4.33. The molecule has 0 aliphatic rings. The third-order valence-electron chi connectivity index (χ3n) is 1.70. The maximum Gasteiger partial charge on any atom is 0.118 e. The van der Waals surface area contributed by atoms with Gasteiger partial charge in [-0.2, -0.15) is 12.6 Å². The first-order valence-corrected chi connectivity index (χ1v) is 4.29. The van der Waals surface area contributed by atoms with Gasteiger partial charge in [-0.1, -0.05) is 12.1 Å². The molecular formula is C9H13NOS. The Hall–Kier alpha value is -0.670. The molecule has 0 amide bonds. The Kier molecular flexibility index (Phi) is 3.44. The Labute approximate surface area is 78.3 Å². The Balaban J connectivity index is 2.77. The van der Waals surface area contributed by atoms with Crippen LogP contribution >= 0.6 is 12.6 Å². The van der Waals surface area contributed by atoms with Crippen LogP contribution in [0, 0.1) is 0 Å². The van der Waals surface area contributed by atoms with E-state index in [1.54, 1.807) is 7.11 Å². The van der Waals surface area contributed by atoms with Crippen molar-refractivity contribution < 1.29 is 4.74 Å². The number of ether oxygens (including phenoxy) is 1. The van der Waals surface area contributed by atoms with Gasteiger partial charge >= 0.3 is 0 Å². The molecule has 0 spiro atoms. The number of thiol groups is 1. The van der Waals surface area contributed by atoms with Crippen LogP contribution in [0.25, 0.3) is 0 Å². The first-order chi connectivity index (χ1) is 5.77. The fourth-order valence-corrected chi connectivity index (χ4v) is 1.13. The number of benzene rings is 1. The quantitative estimate of drug-likeness (QED) is 0.551. The molecule has 0 saturated heterocycles. The van der Waals surface area contributed by atoms with E-state index in [2.05, 4.69) is 17.9 Å². The van der Waals surface area contributed by atoms with Crippen molar-refractivity contribution in [2.75, 3.05) is 14.2 Å². The summed E-state index contributed by atoms with van der Waals surface area (Å²) in [6, 6.07) is 7.84. The lowest BCUT2D eigenvalue weighted by Gasteiger charge is -2.09. The first-order valence-electron chi connectivity index (χ1n) is 3.77. The highest BCUT2D eigenvalue weighted by Gasteiger charge is 2.01. The van der Waals surface area contributed by atoms with E-state index in [1.807, 2.05) is 31.3 Å². The molecule has 1 unspecified atom stereocenters. The minimum absolute atomic E-state index is 0.0934. The molecule has 2 nitrogen and oxygen atoms in total. The van der Waals surface area contributed by atoms with Crippen molar-refractivity contribution in [2.24, 2.45) is 0 Å². The third kappa shape index (κ3) is 2.16. The van der Waals surface area contributed by atoms with E-state index < -0.39 is 0 Å². The third-order valence-corrected chi connectivity index (χ3v) is 2.26. The van der Waals surface area contributed by atoms with Crippen LogP contribution in [0.3, 0.4) is 0 Å². The zero-order chi connectivity index (χ0) is 8.97. The molecule has 0 bridgehead atoms. The topological polar surface area (TPSA) is 21.3 Å². The number of hydrogen-bond donors (Lipinski definition) is 2. The first kappa shape index (κ1) is 9.42. The van der Waals surface area contributed by atoms with Gasteiger partial charge in [-0.25, -0.2) is 0 Å². The summed E-state index contributed by atoms with van der Waals surface area (Å²) in [5.74, 6) is 0.871. The van der Waals surface area contributed by atoms with Crippen molar-refractivity contribution >= 4 is 12.6 Å². The molecule has 0 saturated carbocycles. The van der Waals surface area contributed by atoms with E-state index in [-0.39, 0.29) is 5.37 Å². The predicted octanol–water partition coefficient (Wildman–Crippen LogP) is 1.84. The molecule has 0 aromatic heterocycles. The van der Waals surface area contributed by atoms with E-state index in [0.29, 0.717) is 0 Å². The lowest BCUT2D eigenvalue weighted by Crippen LogP contribution is -2.09. The van der Waals surface area contributed by atoms with Crippen molar-refractivity contribution in [1.29, 1.82) is 0 Å². The summed E-state index contributed by atoms with van der Waals surface area (Å²) < 4.78 is 5.04. The highest BCUT2D eigenvalue weighted by molar-refractivity contribution is 7.80. The normalized spacial score (nSPS) is 12.6. The van der Waals surface area contributed by atoms with E-state index in [1.165, 1.54) is 0 Å². The van der Waals surface area contributed by atoms with Gasteiger partial charge < -0.3 is 10.1 Å². The van der Waals surface area contributed by atoms with E-state index in [4.69, 9.17) is 4.74 Å². The highest BCUT2D eigenvalue weighted by atomic mass is 32.1. The van der Waals surface area contributed by atoms with E-state index >= 15 is 0 Å². The number of hydrogen-bond acceptors (Lipinski definition) is 3. The van der Waals surface area contributed by atoms with Gasteiger partial charge in [0.15, 0.2) is 0 Å². The second-order valence-electron chi connectivity index (χ2n) is 2.46. The Morgan fingerprint density at radius 2 is 1.92 bits per heavy atom. The zero-order valence-corrected chi connectivity index (χ0v) is 8.14. The minimum atomic E-state index is 0.0934. The van der Waals surface area contributed by atoms with Crippen molar-refractivity contribution in [3.05, 3.63) is 29.8 Å². The second-order valence-corrected chi connectivity index (χ2v) is 2.98. The van der Waals surface area contributed by atoms with Gasteiger partial charge in [0.1, 0.15) is 5.75 Å². The average Bonchev–Trinajstić information content (AvgIpc) is 2.17. The van der Waals surface area contributed by atoms with Crippen LogP contribution in [0.2, 0.25) is 0 Å². The largest absolute Gasteiger partial charge is 0.497 e. The predicted molar refractivity (Wildman–Crippen MR) is 53.8 cm³/mol. The SMILES string of the molecule is CNC(S)c1ccc(OC)cc1. The molecular weight excluding hydrogens is 170 g/mol. The molecule has 0 radical (unpaired) electrons. The smallest absolute Gasteiger partial charge is 0.118 e. The molecule has 12 heavy (non-hydrogen) atoms. The molecule has 0 heterocycles. The highest BCUT2D eigenvalue weighted by Crippen LogP contribution is 2.19. The second kappa shape index (κ2) is 4.38. The number of nitrogens with one attached hydrogen (secondary N) is 1. The molecule has 1 rings (SSSR count). The van der Waals surface area contributed by atoms with Gasteiger partial charge in [0.2, 0.25) is 0 Å². The Morgan fingerprint density at radius 3 is 2.33 bits per heavy atom. The van der Waals surface area contributed by atoms with Crippen molar-refractivity contribution in [2.45, 2.75) is 5.37 Å². The van der Waals surface area contributed by atoms with Crippen LogP contribution in [-0.2, 0) is 0 Å². The van der Waals surface area contributed by atoms with Crippen LogP contribution in [0.15, 0.2) is 24.3 Å². The average molecular weight is 183 g/mol. The van der Waals surface area contributed by atoms with Crippen LogP contribution in [0.5, 0.6) is 5.75 Å². The van der Waals surface area contributed by atoms with Crippen molar-refractivity contribution in [3.63, 3.8) is 0 Å². The fourth-order valence-electron chi connectivity index (χ4n) is 0.953. The maximum atomic E-state index is 5.04. The van der Waals surface area contributed by atoms with Crippen LogP contribution in [-0.4, -0.2) is 14.2 Å². The van der Waals surface area contributed by atoms with Crippen molar-refractivity contribution in [3.8, 4) is 5.75 Å². The van der Waals surface area contributed by atoms with E-state index in [0.717, 1.165) is 11.3 Å². The minimum Gasteiger partial charge on any atom is -0.497 e. The lowest BCUT2D eigenvalue weighted by atomic mass is 10.2. The fraction of sp³-hybridized carbons (Fsp3) is 0.333. The number of rotatable bonds is 3. The molecule has 0 aliphatic heterocycles. The summed E-state index contributed by atoms with van der Waals surface area (Å²) in [5.41, 5.74) is 1.14. The van der Waals surface area contributed by atoms with Crippen LogP contribution in [0.1, 0.15) is 10.9 Å². The summed E-state index contributed by atoms with van der Waals surface area (Å²) in [4.78, 5) is 0. The van der Waals surface area contributed by atoms with E-state index in [9.17, 15) is 0 Å². The summed E-state index contributed by atoms with van der Waals surface area (Å²) in [6.07, 6.45) is 0. The van der Waals surface area contributed by atoms with Crippen molar-refractivity contribution in [1.82, 2.24) is 5.32 Å². The van der Waals surface area contributed by atoms with Gasteiger partial charge in [-0.05, 0) is 24.7 Å². The summed E-state index contributed by atoms with van der Waals surface area (Å²) in [6.45, 7) is 0. The van der Waals surface area contributed by atoms with Crippen LogP contribution < -0.4 is 10.1 Å². The molecule has 1 atom stereocenters. The molecule has 1 aromatic rings. The van der Waals surface area contributed by atoms with Gasteiger partial charge in [-0.15, -0.1) is 0 Å². The number of methoxy groups -OCH3 is 1. The standard InChI is InChI=1S/C9H13NOS/c1-10-9(12)7-3-5-8(11-2)6-4-7/h3-6,9-10,12H,1-2H3. The van der Waals surface area contributed by atoms with Crippen LogP contribution in [0.4, 0.5) is 0 Å². The van der Waals surface area contributed by atoms with Gasteiger partial charge in [0, 0.05) is 0 Å². The molecule has 0 fully saturated rings. The summed E-state index contributed by atoms with van der Waals surface area (Å²) in [5, 5.41) is 3.14. The van der Waals surface area contributed by atoms with Gasteiger partial charge in [0.05, 0.1) is 12.5 Å². The monoisotopic (exact) mass is 183 g/mol. The molecule has 1 aromatic carbocycles. The van der Waals surface area contributed by atoms with Gasteiger partial charge in [-0.3, -0.25) is 0 Å². The lowest BCUT2D eigenvalue weighted by molar-refractivity contribution is 0.414. The summed E-state index contributed by atoms with van der Waals surface area (Å²) in [7, 11) is 3.53. The molecule has 1 N–H and O–H groups in total. The maximum absolute atomic E-state index is 5.04. The Bertz CT molecular complexity index is 235.